The van der Waals surface area contributed by atoms with Crippen LogP contribution in [0.25, 0.3) is 0 Å². The van der Waals surface area contributed by atoms with Gasteiger partial charge in [0.1, 0.15) is 0 Å². The fraction of sp³-hybridized carbons (Fsp3) is 0.538. The monoisotopic (exact) mass is 320 g/mol. The predicted octanol–water partition coefficient (Wildman–Crippen LogP) is 6.01. The van der Waals surface area contributed by atoms with E-state index in [0.29, 0.717) is 9.85 Å². The molecule has 0 bridgehead atoms. The maximum absolute atomic E-state index is 6.20. The van der Waals surface area contributed by atoms with Gasteiger partial charge in [-0.1, -0.05) is 70.9 Å². The Bertz CT molecular complexity index is 359. The zero-order valence-corrected chi connectivity index (χ0v) is 12.2. The van der Waals surface area contributed by atoms with Crippen LogP contribution in [0.3, 0.4) is 0 Å². The zero-order chi connectivity index (χ0) is 11.5. The molecule has 1 unspecified atom stereocenters. The highest BCUT2D eigenvalue weighted by molar-refractivity contribution is 9.09. The molecule has 1 aromatic carbocycles. The van der Waals surface area contributed by atoms with Gasteiger partial charge in [0.25, 0.3) is 0 Å². The van der Waals surface area contributed by atoms with Crippen LogP contribution in [-0.4, -0.2) is 0 Å². The summed E-state index contributed by atoms with van der Waals surface area (Å²) >= 11 is 15.8. The normalized spacial score (nSPS) is 18.9. The molecule has 0 aromatic heterocycles. The molecule has 3 heteroatoms. The minimum atomic E-state index is 0.361. The summed E-state index contributed by atoms with van der Waals surface area (Å²) in [6, 6.07) is 5.76. The van der Waals surface area contributed by atoms with Gasteiger partial charge in [-0.05, 0) is 30.0 Å². The summed E-state index contributed by atoms with van der Waals surface area (Å²) < 4.78 is 0. The van der Waals surface area contributed by atoms with Gasteiger partial charge in [0.2, 0.25) is 0 Å². The van der Waals surface area contributed by atoms with Crippen LogP contribution in [0.1, 0.15) is 42.5 Å². The molecule has 0 spiro atoms. The Labute approximate surface area is 115 Å². The van der Waals surface area contributed by atoms with Crippen LogP contribution in [0.15, 0.2) is 18.2 Å². The van der Waals surface area contributed by atoms with Gasteiger partial charge < -0.3 is 0 Å². The average molecular weight is 322 g/mol. The minimum Gasteiger partial charge on any atom is -0.0843 e. The van der Waals surface area contributed by atoms with Gasteiger partial charge in [0, 0.05) is 14.9 Å². The van der Waals surface area contributed by atoms with Crippen LogP contribution >= 0.6 is 39.1 Å². The molecule has 1 aliphatic carbocycles. The first kappa shape index (κ1) is 12.7. The number of alkyl halides is 1. The number of rotatable bonds is 3. The molecule has 1 aliphatic rings. The van der Waals surface area contributed by atoms with E-state index in [1.165, 1.54) is 32.1 Å². The lowest BCUT2D eigenvalue weighted by molar-refractivity contribution is 0.502. The van der Waals surface area contributed by atoms with Crippen molar-refractivity contribution in [2.45, 2.75) is 36.9 Å². The summed E-state index contributed by atoms with van der Waals surface area (Å²) in [4.78, 5) is 0.361. The molecule has 1 fully saturated rings. The second kappa shape index (κ2) is 5.75. The molecule has 16 heavy (non-hydrogen) atoms. The highest BCUT2D eigenvalue weighted by Gasteiger charge is 2.20. The third-order valence-corrected chi connectivity index (χ3v) is 4.74. The van der Waals surface area contributed by atoms with E-state index in [-0.39, 0.29) is 0 Å². The molecule has 0 aliphatic heterocycles. The van der Waals surface area contributed by atoms with E-state index in [1.807, 2.05) is 18.2 Å². The Balaban J connectivity index is 2.04. The lowest BCUT2D eigenvalue weighted by atomic mass is 9.98. The molecule has 0 saturated heterocycles. The van der Waals surface area contributed by atoms with Gasteiger partial charge in [-0.3, -0.25) is 0 Å². The van der Waals surface area contributed by atoms with E-state index in [4.69, 9.17) is 23.2 Å². The van der Waals surface area contributed by atoms with Crippen LogP contribution < -0.4 is 0 Å². The van der Waals surface area contributed by atoms with Crippen molar-refractivity contribution in [2.24, 2.45) is 5.92 Å². The second-order valence-electron chi connectivity index (χ2n) is 4.52. The van der Waals surface area contributed by atoms with Crippen LogP contribution in [0, 0.1) is 5.92 Å². The molecule has 0 N–H and O–H groups in total. The molecule has 0 nitrogen and oxygen atoms in total. The summed E-state index contributed by atoms with van der Waals surface area (Å²) in [6.45, 7) is 0. The van der Waals surface area contributed by atoms with Crippen molar-refractivity contribution in [1.82, 2.24) is 0 Å². The third-order valence-electron chi connectivity index (χ3n) is 3.31. The first-order chi connectivity index (χ1) is 7.66. The third kappa shape index (κ3) is 3.15. The molecular weight excluding hydrogens is 307 g/mol. The van der Waals surface area contributed by atoms with Gasteiger partial charge in [-0.15, -0.1) is 0 Å². The largest absolute Gasteiger partial charge is 0.0843 e. The molecule has 0 heterocycles. The molecule has 2 rings (SSSR count). The van der Waals surface area contributed by atoms with Gasteiger partial charge in [0.15, 0.2) is 0 Å². The van der Waals surface area contributed by atoms with Gasteiger partial charge in [-0.2, -0.15) is 0 Å². The second-order valence-corrected chi connectivity index (χ2v) is 6.47. The molecule has 1 atom stereocenters. The van der Waals surface area contributed by atoms with Gasteiger partial charge >= 0.3 is 0 Å². The Morgan fingerprint density at radius 1 is 1.25 bits per heavy atom. The molecule has 1 saturated carbocycles. The van der Waals surface area contributed by atoms with E-state index in [1.54, 1.807) is 0 Å². The fourth-order valence-corrected chi connectivity index (χ4v) is 4.02. The van der Waals surface area contributed by atoms with E-state index < -0.39 is 0 Å². The molecule has 1 aromatic rings. The smallest absolute Gasteiger partial charge is 0.0464 e. The topological polar surface area (TPSA) is 0 Å². The number of benzene rings is 1. The summed E-state index contributed by atoms with van der Waals surface area (Å²) in [5.74, 6) is 0.858. The van der Waals surface area contributed by atoms with Gasteiger partial charge in [0.05, 0.1) is 0 Å². The van der Waals surface area contributed by atoms with Crippen LogP contribution in [0.2, 0.25) is 10.0 Å². The van der Waals surface area contributed by atoms with E-state index >= 15 is 0 Å². The summed E-state index contributed by atoms with van der Waals surface area (Å²) in [5.41, 5.74) is 1.16. The van der Waals surface area contributed by atoms with E-state index in [2.05, 4.69) is 15.9 Å². The average Bonchev–Trinajstić information content (AvgIpc) is 2.70. The molecule has 0 amide bonds. The first-order valence-corrected chi connectivity index (χ1v) is 7.43. The maximum atomic E-state index is 6.20. The fourth-order valence-electron chi connectivity index (χ4n) is 2.42. The lowest BCUT2D eigenvalue weighted by Gasteiger charge is -2.16. The van der Waals surface area contributed by atoms with Crippen molar-refractivity contribution in [3.8, 4) is 0 Å². The minimum absolute atomic E-state index is 0.361. The first-order valence-electron chi connectivity index (χ1n) is 5.76. The summed E-state index contributed by atoms with van der Waals surface area (Å²) in [5, 5.41) is 1.47. The van der Waals surface area contributed by atoms with E-state index in [0.717, 1.165) is 16.5 Å². The summed E-state index contributed by atoms with van der Waals surface area (Å²) in [6.07, 6.45) is 6.69. The van der Waals surface area contributed by atoms with Crippen molar-refractivity contribution in [3.05, 3.63) is 33.8 Å². The Kier molecular flexibility index (Phi) is 4.57. The predicted molar refractivity (Wildman–Crippen MR) is 74.7 cm³/mol. The number of halogens is 3. The zero-order valence-electron chi connectivity index (χ0n) is 9.06. The Hall–Kier alpha value is 0.280. The quantitative estimate of drug-likeness (QED) is 0.598. The molecular formula is C13H15BrCl2. The SMILES string of the molecule is Clc1ccc(C(Br)CC2CCCC2)c(Cl)c1. The van der Waals surface area contributed by atoms with Crippen LogP contribution in [-0.2, 0) is 0 Å². The maximum Gasteiger partial charge on any atom is 0.0464 e. The van der Waals surface area contributed by atoms with Crippen molar-refractivity contribution >= 4 is 39.1 Å². The number of hydrogen-bond acceptors (Lipinski definition) is 0. The van der Waals surface area contributed by atoms with Crippen LogP contribution in [0.4, 0.5) is 0 Å². The Morgan fingerprint density at radius 3 is 2.56 bits per heavy atom. The van der Waals surface area contributed by atoms with Gasteiger partial charge in [-0.25, -0.2) is 0 Å². The lowest BCUT2D eigenvalue weighted by Crippen LogP contribution is -2.00. The standard InChI is InChI=1S/C13H15BrCl2/c14-12(7-9-3-1-2-4-9)11-6-5-10(15)8-13(11)16/h5-6,8-9,12H,1-4,7H2. The highest BCUT2D eigenvalue weighted by atomic mass is 79.9. The molecule has 88 valence electrons. The van der Waals surface area contributed by atoms with Crippen molar-refractivity contribution in [3.63, 3.8) is 0 Å². The number of hydrogen-bond donors (Lipinski definition) is 0. The van der Waals surface area contributed by atoms with E-state index in [9.17, 15) is 0 Å². The summed E-state index contributed by atoms with van der Waals surface area (Å²) in [7, 11) is 0. The van der Waals surface area contributed by atoms with Crippen molar-refractivity contribution < 1.29 is 0 Å². The van der Waals surface area contributed by atoms with Crippen molar-refractivity contribution in [1.29, 1.82) is 0 Å². The molecule has 0 radical (unpaired) electrons. The van der Waals surface area contributed by atoms with Crippen molar-refractivity contribution in [2.75, 3.05) is 0 Å². The Morgan fingerprint density at radius 2 is 1.94 bits per heavy atom. The highest BCUT2D eigenvalue weighted by Crippen LogP contribution is 2.40. The van der Waals surface area contributed by atoms with Crippen LogP contribution in [0.5, 0.6) is 0 Å².